The van der Waals surface area contributed by atoms with Gasteiger partial charge in [0.05, 0.1) is 18.7 Å². The number of halogens is 1. The fraction of sp³-hybridized carbons (Fsp3) is 0.571. The molecule has 0 aliphatic carbocycles. The maximum Gasteiger partial charge on any atom is 0.244 e. The van der Waals surface area contributed by atoms with Gasteiger partial charge in [0.15, 0.2) is 0 Å². The van der Waals surface area contributed by atoms with Gasteiger partial charge in [-0.1, -0.05) is 0 Å². The summed E-state index contributed by atoms with van der Waals surface area (Å²) in [4.78, 5) is 0.0767. The lowest BCUT2D eigenvalue weighted by Crippen LogP contribution is -2.51. The summed E-state index contributed by atoms with van der Waals surface area (Å²) in [6.07, 6.45) is 1.75. The van der Waals surface area contributed by atoms with Crippen LogP contribution in [-0.2, 0) is 10.0 Å². The van der Waals surface area contributed by atoms with E-state index in [0.29, 0.717) is 10.2 Å². The van der Waals surface area contributed by atoms with Crippen LogP contribution in [0.25, 0.3) is 0 Å². The number of benzene rings is 1. The average molecular weight is 393 g/mol. The number of ether oxygens (including phenoxy) is 2. The lowest BCUT2D eigenvalue weighted by atomic mass is 10.0. The topological polar surface area (TPSA) is 76.7 Å². The SMILES string of the molecule is COc1cc(S(=O)(=O)NC2CCCNC2C)c(OC)cc1Br. The summed E-state index contributed by atoms with van der Waals surface area (Å²) in [5.74, 6) is 0.715. The van der Waals surface area contributed by atoms with Gasteiger partial charge in [-0.15, -0.1) is 0 Å². The van der Waals surface area contributed by atoms with Gasteiger partial charge in [-0.3, -0.25) is 0 Å². The zero-order valence-electron chi connectivity index (χ0n) is 12.8. The summed E-state index contributed by atoms with van der Waals surface area (Å²) in [7, 11) is -0.769. The van der Waals surface area contributed by atoms with E-state index in [2.05, 4.69) is 26.0 Å². The molecule has 0 amide bonds. The molecule has 0 bridgehead atoms. The molecule has 1 aliphatic heterocycles. The van der Waals surface area contributed by atoms with Crippen LogP contribution in [0.3, 0.4) is 0 Å². The van der Waals surface area contributed by atoms with Crippen molar-refractivity contribution in [3.8, 4) is 11.5 Å². The van der Waals surface area contributed by atoms with Crippen LogP contribution in [0.4, 0.5) is 0 Å². The molecule has 0 aromatic heterocycles. The predicted molar refractivity (Wildman–Crippen MR) is 88.1 cm³/mol. The van der Waals surface area contributed by atoms with Gasteiger partial charge in [-0.05, 0) is 48.3 Å². The van der Waals surface area contributed by atoms with Gasteiger partial charge in [0.2, 0.25) is 10.0 Å². The second kappa shape index (κ2) is 7.16. The van der Waals surface area contributed by atoms with Gasteiger partial charge in [0, 0.05) is 18.2 Å². The van der Waals surface area contributed by atoms with Crippen LogP contribution >= 0.6 is 15.9 Å². The van der Waals surface area contributed by atoms with E-state index in [1.54, 1.807) is 6.07 Å². The van der Waals surface area contributed by atoms with Crippen molar-refractivity contribution in [1.29, 1.82) is 0 Å². The molecular weight excluding hydrogens is 372 g/mol. The number of hydrogen-bond donors (Lipinski definition) is 2. The van der Waals surface area contributed by atoms with Crippen LogP contribution in [0, 0.1) is 0 Å². The standard InChI is InChI=1S/C14H21BrN2O4S/c1-9-11(5-4-6-16-9)17-22(18,19)14-8-12(20-2)10(15)7-13(14)21-3/h7-9,11,16-17H,4-6H2,1-3H3. The van der Waals surface area contributed by atoms with Crippen LogP contribution < -0.4 is 19.5 Å². The Bertz CT molecular complexity index is 636. The first-order chi connectivity index (χ1) is 10.4. The van der Waals surface area contributed by atoms with Gasteiger partial charge >= 0.3 is 0 Å². The molecule has 2 atom stereocenters. The molecule has 2 N–H and O–H groups in total. The molecule has 1 aromatic rings. The number of piperidine rings is 1. The van der Waals surface area contributed by atoms with Crippen molar-refractivity contribution in [2.24, 2.45) is 0 Å². The highest BCUT2D eigenvalue weighted by Gasteiger charge is 2.29. The van der Waals surface area contributed by atoms with Gasteiger partial charge in [-0.2, -0.15) is 0 Å². The van der Waals surface area contributed by atoms with Gasteiger partial charge in [0.25, 0.3) is 0 Å². The molecule has 0 spiro atoms. The van der Waals surface area contributed by atoms with Gasteiger partial charge in [0.1, 0.15) is 16.4 Å². The summed E-state index contributed by atoms with van der Waals surface area (Å²) in [6.45, 7) is 2.89. The van der Waals surface area contributed by atoms with Crippen molar-refractivity contribution in [2.75, 3.05) is 20.8 Å². The Hall–Kier alpha value is -0.830. The molecule has 1 aromatic carbocycles. The number of methoxy groups -OCH3 is 2. The number of rotatable bonds is 5. The predicted octanol–water partition coefficient (Wildman–Crippen LogP) is 1.89. The van der Waals surface area contributed by atoms with E-state index in [-0.39, 0.29) is 22.7 Å². The van der Waals surface area contributed by atoms with Crippen LogP contribution in [0.1, 0.15) is 19.8 Å². The molecule has 1 aliphatic rings. The van der Waals surface area contributed by atoms with Crippen LogP contribution in [0.5, 0.6) is 11.5 Å². The van der Waals surface area contributed by atoms with E-state index in [9.17, 15) is 8.42 Å². The minimum atomic E-state index is -3.70. The van der Waals surface area contributed by atoms with E-state index in [4.69, 9.17) is 9.47 Å². The first-order valence-corrected chi connectivity index (χ1v) is 9.34. The zero-order valence-corrected chi connectivity index (χ0v) is 15.3. The molecule has 1 heterocycles. The molecule has 22 heavy (non-hydrogen) atoms. The van der Waals surface area contributed by atoms with Crippen molar-refractivity contribution in [3.63, 3.8) is 0 Å². The minimum absolute atomic E-state index is 0.0767. The van der Waals surface area contributed by atoms with Gasteiger partial charge in [-0.25, -0.2) is 13.1 Å². The second-order valence-corrected chi connectivity index (χ2v) is 7.79. The van der Waals surface area contributed by atoms with Crippen molar-refractivity contribution < 1.29 is 17.9 Å². The molecule has 1 fully saturated rings. The third-order valence-corrected chi connectivity index (χ3v) is 5.93. The summed E-state index contributed by atoms with van der Waals surface area (Å²) in [6, 6.07) is 3.01. The molecule has 2 rings (SSSR count). The first-order valence-electron chi connectivity index (χ1n) is 7.06. The molecule has 0 radical (unpaired) electrons. The van der Waals surface area contributed by atoms with Gasteiger partial charge < -0.3 is 14.8 Å². The van der Waals surface area contributed by atoms with Crippen molar-refractivity contribution in [1.82, 2.24) is 10.0 Å². The molecule has 124 valence electrons. The quantitative estimate of drug-likeness (QED) is 0.799. The highest BCUT2D eigenvalue weighted by molar-refractivity contribution is 9.10. The zero-order chi connectivity index (χ0) is 16.3. The van der Waals surface area contributed by atoms with Crippen LogP contribution in [0.15, 0.2) is 21.5 Å². The first kappa shape index (κ1) is 17.5. The lowest BCUT2D eigenvalue weighted by molar-refractivity contribution is 0.347. The fourth-order valence-electron chi connectivity index (χ4n) is 2.51. The van der Waals surface area contributed by atoms with E-state index in [1.165, 1.54) is 20.3 Å². The average Bonchev–Trinajstić information content (AvgIpc) is 2.48. The van der Waals surface area contributed by atoms with Crippen molar-refractivity contribution in [2.45, 2.75) is 36.7 Å². The third-order valence-electron chi connectivity index (χ3n) is 3.80. The monoisotopic (exact) mass is 392 g/mol. The highest BCUT2D eigenvalue weighted by Crippen LogP contribution is 2.35. The summed E-state index contributed by atoms with van der Waals surface area (Å²) in [5, 5.41) is 3.28. The molecule has 6 nitrogen and oxygen atoms in total. The Kier molecular flexibility index (Phi) is 5.70. The van der Waals surface area contributed by atoms with Crippen molar-refractivity contribution in [3.05, 3.63) is 16.6 Å². The molecule has 0 saturated carbocycles. The Labute approximate surface area is 139 Å². The number of hydrogen-bond acceptors (Lipinski definition) is 5. The summed E-state index contributed by atoms with van der Waals surface area (Å²) >= 11 is 3.33. The van der Waals surface area contributed by atoms with Crippen molar-refractivity contribution >= 4 is 26.0 Å². The minimum Gasteiger partial charge on any atom is -0.496 e. The third kappa shape index (κ3) is 3.73. The van der Waals surface area contributed by atoms with E-state index < -0.39 is 10.0 Å². The molecule has 1 saturated heterocycles. The highest BCUT2D eigenvalue weighted by atomic mass is 79.9. The van der Waals surface area contributed by atoms with E-state index in [1.807, 2.05) is 6.92 Å². The lowest BCUT2D eigenvalue weighted by Gasteiger charge is -2.30. The Balaban J connectivity index is 2.35. The second-order valence-electron chi connectivity index (χ2n) is 5.25. The largest absolute Gasteiger partial charge is 0.496 e. The Morgan fingerprint density at radius 3 is 2.55 bits per heavy atom. The fourth-order valence-corrected chi connectivity index (χ4v) is 4.51. The maximum atomic E-state index is 12.7. The molecule has 8 heteroatoms. The van der Waals surface area contributed by atoms with E-state index in [0.717, 1.165) is 19.4 Å². The molecule has 2 unspecified atom stereocenters. The normalized spacial score (nSPS) is 22.4. The number of sulfonamides is 1. The summed E-state index contributed by atoms with van der Waals surface area (Å²) in [5.41, 5.74) is 0. The number of nitrogens with one attached hydrogen (secondary N) is 2. The maximum absolute atomic E-state index is 12.7. The van der Waals surface area contributed by atoms with E-state index >= 15 is 0 Å². The molecular formula is C14H21BrN2O4S. The Morgan fingerprint density at radius 1 is 1.27 bits per heavy atom. The smallest absolute Gasteiger partial charge is 0.244 e. The van der Waals surface area contributed by atoms with Crippen LogP contribution in [0.2, 0.25) is 0 Å². The van der Waals surface area contributed by atoms with Crippen LogP contribution in [-0.4, -0.2) is 41.3 Å². The summed E-state index contributed by atoms with van der Waals surface area (Å²) < 4.78 is 39.2. The Morgan fingerprint density at radius 2 is 1.95 bits per heavy atom.